The Bertz CT molecular complexity index is 241. The third-order valence-electron chi connectivity index (χ3n) is 2.40. The molecule has 0 spiro atoms. The third kappa shape index (κ3) is 5.02. The van der Waals surface area contributed by atoms with Crippen molar-refractivity contribution < 1.29 is 9.63 Å². The highest BCUT2D eigenvalue weighted by atomic mass is 16.7. The van der Waals surface area contributed by atoms with Crippen LogP contribution in [0.5, 0.6) is 0 Å². The van der Waals surface area contributed by atoms with Crippen LogP contribution in [0.3, 0.4) is 0 Å². The topological polar surface area (TPSA) is 67.6 Å². The minimum absolute atomic E-state index is 0.0437. The first-order chi connectivity index (χ1) is 7.56. The van der Waals surface area contributed by atoms with Crippen molar-refractivity contribution in [1.82, 2.24) is 10.4 Å². The lowest BCUT2D eigenvalue weighted by molar-refractivity contribution is -0.173. The number of amides is 1. The molecule has 0 saturated carbocycles. The second kappa shape index (κ2) is 7.98. The van der Waals surface area contributed by atoms with Crippen LogP contribution < -0.4 is 11.1 Å². The Morgan fingerprint density at radius 1 is 1.56 bits per heavy atom. The number of hydroxylamine groups is 2. The molecule has 0 fully saturated rings. The smallest absolute Gasteiger partial charge is 0.249 e. The highest BCUT2D eigenvalue weighted by Crippen LogP contribution is 2.14. The van der Waals surface area contributed by atoms with Crippen LogP contribution in [-0.2, 0) is 9.63 Å². The fraction of sp³-hybridized carbons (Fsp3) is 0.727. The Balaban J connectivity index is 4.34. The Morgan fingerprint density at radius 3 is 2.62 bits per heavy atom. The molecule has 94 valence electrons. The van der Waals surface area contributed by atoms with Crippen molar-refractivity contribution in [3.63, 3.8) is 0 Å². The van der Waals surface area contributed by atoms with E-state index in [1.165, 1.54) is 12.2 Å². The normalized spacial score (nSPS) is 13.4. The van der Waals surface area contributed by atoms with Crippen LogP contribution in [0.4, 0.5) is 0 Å². The Morgan fingerprint density at radius 2 is 2.19 bits per heavy atom. The molecule has 0 aromatic carbocycles. The first kappa shape index (κ1) is 14.8. The molecule has 0 heterocycles. The summed E-state index contributed by atoms with van der Waals surface area (Å²) in [6.45, 7) is 4.78. The zero-order valence-corrected chi connectivity index (χ0v) is 10.6. The maximum Gasteiger partial charge on any atom is 0.249 e. The minimum atomic E-state index is -0.125. The van der Waals surface area contributed by atoms with E-state index >= 15 is 0 Å². The fourth-order valence-corrected chi connectivity index (χ4v) is 1.33. The number of hydrogen-bond donors (Lipinski definition) is 2. The highest BCUT2D eigenvalue weighted by molar-refractivity contribution is 5.77. The van der Waals surface area contributed by atoms with Crippen molar-refractivity contribution in [2.45, 2.75) is 26.7 Å². The molecule has 0 radical (unpaired) electrons. The highest BCUT2D eigenvalue weighted by Gasteiger charge is 2.20. The quantitative estimate of drug-likeness (QED) is 0.635. The van der Waals surface area contributed by atoms with E-state index in [2.05, 4.69) is 5.32 Å². The molecule has 0 aliphatic carbocycles. The molecule has 0 aliphatic rings. The molecular weight excluding hydrogens is 206 g/mol. The van der Waals surface area contributed by atoms with E-state index in [0.29, 0.717) is 12.1 Å². The average Bonchev–Trinajstić information content (AvgIpc) is 2.31. The van der Waals surface area contributed by atoms with Crippen molar-refractivity contribution in [3.8, 4) is 0 Å². The van der Waals surface area contributed by atoms with Crippen molar-refractivity contribution in [3.05, 3.63) is 11.9 Å². The van der Waals surface area contributed by atoms with Gasteiger partial charge in [0.2, 0.25) is 5.91 Å². The molecule has 1 atom stereocenters. The summed E-state index contributed by atoms with van der Waals surface area (Å²) in [5.74, 6) is -0.169. The molecule has 5 nitrogen and oxygen atoms in total. The van der Waals surface area contributed by atoms with Gasteiger partial charge in [0.25, 0.3) is 0 Å². The van der Waals surface area contributed by atoms with Gasteiger partial charge in [-0.2, -0.15) is 0 Å². The van der Waals surface area contributed by atoms with Gasteiger partial charge in [-0.1, -0.05) is 6.92 Å². The summed E-state index contributed by atoms with van der Waals surface area (Å²) in [4.78, 5) is 16.7. The summed E-state index contributed by atoms with van der Waals surface area (Å²) < 4.78 is 0. The molecule has 0 aliphatic heterocycles. The predicted molar refractivity (Wildman–Crippen MR) is 64.1 cm³/mol. The van der Waals surface area contributed by atoms with Gasteiger partial charge in [-0.05, 0) is 13.3 Å². The summed E-state index contributed by atoms with van der Waals surface area (Å²) in [6.07, 6.45) is 3.05. The van der Waals surface area contributed by atoms with Crippen LogP contribution in [0.1, 0.15) is 26.7 Å². The molecule has 5 heteroatoms. The predicted octanol–water partition coefficient (Wildman–Crippen LogP) is 0.832. The molecule has 0 saturated heterocycles. The van der Waals surface area contributed by atoms with Crippen molar-refractivity contribution in [2.24, 2.45) is 11.7 Å². The van der Waals surface area contributed by atoms with E-state index in [9.17, 15) is 4.79 Å². The van der Waals surface area contributed by atoms with Crippen LogP contribution >= 0.6 is 0 Å². The van der Waals surface area contributed by atoms with Gasteiger partial charge in [-0.3, -0.25) is 9.63 Å². The molecule has 0 aromatic rings. The summed E-state index contributed by atoms with van der Waals surface area (Å²) in [5.41, 5.74) is 6.49. The lowest BCUT2D eigenvalue weighted by Crippen LogP contribution is -2.32. The zero-order chi connectivity index (χ0) is 12.6. The second-order valence-electron chi connectivity index (χ2n) is 3.60. The lowest BCUT2D eigenvalue weighted by Gasteiger charge is -2.20. The molecule has 1 amide bonds. The Kier molecular flexibility index (Phi) is 7.37. The van der Waals surface area contributed by atoms with Gasteiger partial charge in [0, 0.05) is 37.8 Å². The van der Waals surface area contributed by atoms with Crippen LogP contribution in [0, 0.1) is 5.92 Å². The first-order valence-corrected chi connectivity index (χ1v) is 5.56. The second-order valence-corrected chi connectivity index (χ2v) is 3.60. The Labute approximate surface area is 97.6 Å². The van der Waals surface area contributed by atoms with Gasteiger partial charge in [0.05, 0.1) is 7.11 Å². The van der Waals surface area contributed by atoms with E-state index in [4.69, 9.17) is 10.6 Å². The summed E-state index contributed by atoms with van der Waals surface area (Å²) in [6, 6.07) is 0. The third-order valence-corrected chi connectivity index (χ3v) is 2.40. The van der Waals surface area contributed by atoms with Gasteiger partial charge < -0.3 is 11.1 Å². The van der Waals surface area contributed by atoms with Crippen LogP contribution in [0.15, 0.2) is 11.9 Å². The van der Waals surface area contributed by atoms with E-state index in [-0.39, 0.29) is 11.8 Å². The maximum absolute atomic E-state index is 11.8. The summed E-state index contributed by atoms with van der Waals surface area (Å²) in [5, 5.41) is 4.26. The Hall–Kier alpha value is -1.23. The van der Waals surface area contributed by atoms with Gasteiger partial charge >= 0.3 is 0 Å². The van der Waals surface area contributed by atoms with Crippen molar-refractivity contribution >= 4 is 5.91 Å². The number of rotatable bonds is 7. The van der Waals surface area contributed by atoms with Crippen LogP contribution in [0.25, 0.3) is 0 Å². The lowest BCUT2D eigenvalue weighted by atomic mass is 10.00. The van der Waals surface area contributed by atoms with E-state index < -0.39 is 0 Å². The van der Waals surface area contributed by atoms with E-state index in [1.54, 1.807) is 13.2 Å². The number of hydrogen-bond acceptors (Lipinski definition) is 4. The number of allylic oxidation sites excluding steroid dienone is 1. The molecule has 0 rings (SSSR count). The maximum atomic E-state index is 11.8. The SMILES string of the molecule is CCN/C=C(\N)C[C@H](CC)C(=O)N(C)OC. The molecule has 0 aromatic heterocycles. The molecule has 16 heavy (non-hydrogen) atoms. The van der Waals surface area contributed by atoms with Gasteiger partial charge in [-0.25, -0.2) is 5.06 Å². The van der Waals surface area contributed by atoms with Crippen molar-refractivity contribution in [2.75, 3.05) is 20.7 Å². The molecular formula is C11H23N3O2. The van der Waals surface area contributed by atoms with Gasteiger partial charge in [-0.15, -0.1) is 0 Å². The van der Waals surface area contributed by atoms with Crippen molar-refractivity contribution in [1.29, 1.82) is 0 Å². The number of carbonyl (C=O) groups excluding carboxylic acids is 1. The van der Waals surface area contributed by atoms with E-state index in [1.807, 2.05) is 13.8 Å². The summed E-state index contributed by atoms with van der Waals surface area (Å²) in [7, 11) is 3.08. The number of nitrogens with zero attached hydrogens (tertiary/aromatic N) is 1. The number of nitrogens with one attached hydrogen (secondary N) is 1. The molecule has 0 bridgehead atoms. The van der Waals surface area contributed by atoms with Crippen LogP contribution in [0.2, 0.25) is 0 Å². The molecule has 0 unspecified atom stereocenters. The standard InChI is InChI=1S/C11H23N3O2/c1-5-9(11(15)14(3)16-4)7-10(12)8-13-6-2/h8-9,13H,5-7,12H2,1-4H3/b10-8-/t9-/m0/s1. The minimum Gasteiger partial charge on any atom is -0.401 e. The molecule has 3 N–H and O–H groups in total. The number of carbonyl (C=O) groups is 1. The fourth-order valence-electron chi connectivity index (χ4n) is 1.33. The average molecular weight is 229 g/mol. The van der Waals surface area contributed by atoms with Gasteiger partial charge in [0.1, 0.15) is 0 Å². The van der Waals surface area contributed by atoms with E-state index in [0.717, 1.165) is 13.0 Å². The number of nitrogens with two attached hydrogens (primary N) is 1. The monoisotopic (exact) mass is 229 g/mol. The first-order valence-electron chi connectivity index (χ1n) is 5.56. The summed E-state index contributed by atoms with van der Waals surface area (Å²) >= 11 is 0. The largest absolute Gasteiger partial charge is 0.401 e. The van der Waals surface area contributed by atoms with Crippen LogP contribution in [-0.4, -0.2) is 31.7 Å². The van der Waals surface area contributed by atoms with Gasteiger partial charge in [0.15, 0.2) is 0 Å². The zero-order valence-electron chi connectivity index (χ0n) is 10.6.